The zero-order valence-corrected chi connectivity index (χ0v) is 7.89. The Hall–Kier alpha value is -0.740. The summed E-state index contributed by atoms with van der Waals surface area (Å²) in [4.78, 5) is 15.3. The van der Waals surface area contributed by atoms with Crippen molar-refractivity contribution in [2.24, 2.45) is 5.92 Å². The van der Waals surface area contributed by atoms with Crippen LogP contribution in [0.5, 0.6) is 0 Å². The van der Waals surface area contributed by atoms with Gasteiger partial charge in [-0.1, -0.05) is 13.8 Å². The van der Waals surface area contributed by atoms with Crippen LogP contribution in [0.4, 0.5) is 0 Å². The van der Waals surface area contributed by atoms with Gasteiger partial charge in [0.15, 0.2) is 10.8 Å². The molecule has 0 aliphatic heterocycles. The third-order valence-electron chi connectivity index (χ3n) is 1.45. The fourth-order valence-electron chi connectivity index (χ4n) is 0.740. The molecule has 0 spiro atoms. The summed E-state index contributed by atoms with van der Waals surface area (Å²) < 4.78 is 0. The third-order valence-corrected chi connectivity index (χ3v) is 2.35. The van der Waals surface area contributed by atoms with Crippen molar-refractivity contribution in [2.75, 3.05) is 0 Å². The van der Waals surface area contributed by atoms with Gasteiger partial charge >= 0.3 is 0 Å². The van der Waals surface area contributed by atoms with E-state index in [9.17, 15) is 4.79 Å². The second-order valence-electron chi connectivity index (χ2n) is 2.82. The minimum absolute atomic E-state index is 0.0253. The SMILES string of the molecule is CC(C)C(=O)c1nc(CO)cs1. The molecule has 1 rings (SSSR count). The van der Waals surface area contributed by atoms with E-state index >= 15 is 0 Å². The fraction of sp³-hybridized carbons (Fsp3) is 0.500. The van der Waals surface area contributed by atoms with Crippen LogP contribution in [0, 0.1) is 5.92 Å². The number of aliphatic hydroxyl groups is 1. The number of carbonyl (C=O) groups is 1. The van der Waals surface area contributed by atoms with Crippen molar-refractivity contribution < 1.29 is 9.90 Å². The lowest BCUT2D eigenvalue weighted by atomic mass is 10.1. The summed E-state index contributed by atoms with van der Waals surface area (Å²) >= 11 is 1.29. The standard InChI is InChI=1S/C8H11NO2S/c1-5(2)7(11)8-9-6(3-10)4-12-8/h4-5,10H,3H2,1-2H3. The van der Waals surface area contributed by atoms with Crippen molar-refractivity contribution in [1.82, 2.24) is 4.98 Å². The molecule has 0 unspecified atom stereocenters. The minimum Gasteiger partial charge on any atom is -0.390 e. The van der Waals surface area contributed by atoms with Crippen LogP contribution < -0.4 is 0 Å². The van der Waals surface area contributed by atoms with Crippen LogP contribution in [0.15, 0.2) is 5.38 Å². The van der Waals surface area contributed by atoms with E-state index in [1.807, 2.05) is 13.8 Å². The van der Waals surface area contributed by atoms with Gasteiger partial charge in [-0.3, -0.25) is 4.79 Å². The first kappa shape index (κ1) is 9.35. The number of thiazole rings is 1. The minimum atomic E-state index is -0.0954. The van der Waals surface area contributed by atoms with Crippen molar-refractivity contribution in [2.45, 2.75) is 20.5 Å². The van der Waals surface area contributed by atoms with Crippen LogP contribution in [-0.2, 0) is 6.61 Å². The Labute approximate surface area is 75.1 Å². The molecule has 0 amide bonds. The first-order chi connectivity index (χ1) is 5.65. The molecule has 66 valence electrons. The monoisotopic (exact) mass is 185 g/mol. The normalized spacial score (nSPS) is 10.7. The highest BCUT2D eigenvalue weighted by Crippen LogP contribution is 2.14. The van der Waals surface area contributed by atoms with E-state index in [0.717, 1.165) is 0 Å². The van der Waals surface area contributed by atoms with Crippen LogP contribution in [-0.4, -0.2) is 15.9 Å². The Bertz CT molecular complexity index is 280. The Kier molecular flexibility index (Phi) is 2.94. The molecule has 0 saturated carbocycles. The van der Waals surface area contributed by atoms with Gasteiger partial charge in [-0.25, -0.2) is 4.98 Å². The van der Waals surface area contributed by atoms with Gasteiger partial charge in [0.1, 0.15) is 0 Å². The number of rotatable bonds is 3. The second-order valence-corrected chi connectivity index (χ2v) is 3.68. The molecule has 0 fully saturated rings. The topological polar surface area (TPSA) is 50.2 Å². The summed E-state index contributed by atoms with van der Waals surface area (Å²) in [5.41, 5.74) is 0.573. The number of aromatic nitrogens is 1. The van der Waals surface area contributed by atoms with Crippen LogP contribution in [0.3, 0.4) is 0 Å². The third kappa shape index (κ3) is 1.89. The first-order valence-electron chi connectivity index (χ1n) is 3.74. The maximum absolute atomic E-state index is 11.3. The molecule has 0 atom stereocenters. The number of aliphatic hydroxyl groups excluding tert-OH is 1. The lowest BCUT2D eigenvalue weighted by Gasteiger charge is -1.97. The summed E-state index contributed by atoms with van der Waals surface area (Å²) in [6, 6.07) is 0. The van der Waals surface area contributed by atoms with E-state index in [1.54, 1.807) is 5.38 Å². The number of hydrogen-bond acceptors (Lipinski definition) is 4. The first-order valence-corrected chi connectivity index (χ1v) is 4.62. The largest absolute Gasteiger partial charge is 0.390 e. The highest BCUT2D eigenvalue weighted by molar-refractivity contribution is 7.11. The Morgan fingerprint density at radius 3 is 2.83 bits per heavy atom. The van der Waals surface area contributed by atoms with Gasteiger partial charge in [0.2, 0.25) is 0 Å². The lowest BCUT2D eigenvalue weighted by molar-refractivity contribution is 0.0938. The highest BCUT2D eigenvalue weighted by atomic mass is 32.1. The van der Waals surface area contributed by atoms with Gasteiger partial charge in [0.05, 0.1) is 12.3 Å². The summed E-state index contributed by atoms with van der Waals surface area (Å²) in [7, 11) is 0. The molecule has 1 N–H and O–H groups in total. The predicted octanol–water partition coefficient (Wildman–Crippen LogP) is 1.47. The molecule has 3 nitrogen and oxygen atoms in total. The maximum atomic E-state index is 11.3. The Morgan fingerprint density at radius 2 is 2.42 bits per heavy atom. The van der Waals surface area contributed by atoms with Gasteiger partial charge < -0.3 is 5.11 Å². The number of nitrogens with zero attached hydrogens (tertiary/aromatic N) is 1. The summed E-state index contributed by atoms with van der Waals surface area (Å²) in [6.45, 7) is 3.58. The molecule has 0 aromatic carbocycles. The molecule has 0 radical (unpaired) electrons. The van der Waals surface area contributed by atoms with E-state index in [-0.39, 0.29) is 18.3 Å². The van der Waals surface area contributed by atoms with E-state index in [2.05, 4.69) is 4.98 Å². The van der Waals surface area contributed by atoms with Crippen LogP contribution >= 0.6 is 11.3 Å². The van der Waals surface area contributed by atoms with Crippen LogP contribution in [0.1, 0.15) is 29.3 Å². The van der Waals surface area contributed by atoms with Crippen LogP contribution in [0.25, 0.3) is 0 Å². The molecule has 0 saturated heterocycles. The van der Waals surface area contributed by atoms with Crippen molar-refractivity contribution in [1.29, 1.82) is 0 Å². The number of ketones is 1. The highest BCUT2D eigenvalue weighted by Gasteiger charge is 2.13. The van der Waals surface area contributed by atoms with Gasteiger partial charge in [0, 0.05) is 11.3 Å². The summed E-state index contributed by atoms with van der Waals surface area (Å²) in [5.74, 6) is 0.0161. The number of Topliss-reactive ketones (excluding diaryl/α,β-unsaturated/α-hetero) is 1. The molecular formula is C8H11NO2S. The van der Waals surface area contributed by atoms with E-state index in [0.29, 0.717) is 10.7 Å². The quantitative estimate of drug-likeness (QED) is 0.725. The molecule has 1 heterocycles. The van der Waals surface area contributed by atoms with Crippen molar-refractivity contribution in [3.05, 3.63) is 16.1 Å². The van der Waals surface area contributed by atoms with E-state index in [1.165, 1.54) is 11.3 Å². The molecule has 0 aliphatic rings. The molecule has 1 aromatic rings. The van der Waals surface area contributed by atoms with Gasteiger partial charge in [-0.05, 0) is 0 Å². The predicted molar refractivity (Wildman–Crippen MR) is 47.2 cm³/mol. The van der Waals surface area contributed by atoms with Crippen molar-refractivity contribution >= 4 is 17.1 Å². The maximum Gasteiger partial charge on any atom is 0.193 e. The zero-order chi connectivity index (χ0) is 9.14. The molecule has 0 bridgehead atoms. The Morgan fingerprint density at radius 1 is 1.75 bits per heavy atom. The summed E-state index contributed by atoms with van der Waals surface area (Å²) in [6.07, 6.45) is 0. The summed E-state index contributed by atoms with van der Waals surface area (Å²) in [5, 5.41) is 10.9. The fourth-order valence-corrected chi connectivity index (χ4v) is 1.64. The molecular weight excluding hydrogens is 174 g/mol. The van der Waals surface area contributed by atoms with Gasteiger partial charge in [-0.15, -0.1) is 11.3 Å². The van der Waals surface area contributed by atoms with E-state index in [4.69, 9.17) is 5.11 Å². The number of carbonyl (C=O) groups excluding carboxylic acids is 1. The molecule has 4 heteroatoms. The molecule has 12 heavy (non-hydrogen) atoms. The molecule has 0 aliphatic carbocycles. The van der Waals surface area contributed by atoms with Crippen molar-refractivity contribution in [3.63, 3.8) is 0 Å². The van der Waals surface area contributed by atoms with Gasteiger partial charge in [-0.2, -0.15) is 0 Å². The zero-order valence-electron chi connectivity index (χ0n) is 7.07. The van der Waals surface area contributed by atoms with Crippen LogP contribution in [0.2, 0.25) is 0 Å². The Balaban J connectivity index is 2.82. The average Bonchev–Trinajstić information content (AvgIpc) is 2.50. The van der Waals surface area contributed by atoms with E-state index < -0.39 is 0 Å². The second kappa shape index (κ2) is 3.78. The molecule has 1 aromatic heterocycles. The smallest absolute Gasteiger partial charge is 0.193 e. The van der Waals surface area contributed by atoms with Gasteiger partial charge in [0.25, 0.3) is 0 Å². The lowest BCUT2D eigenvalue weighted by Crippen LogP contribution is -2.06. The average molecular weight is 185 g/mol. The van der Waals surface area contributed by atoms with Crippen molar-refractivity contribution in [3.8, 4) is 0 Å². The number of hydrogen-bond donors (Lipinski definition) is 1.